The minimum Gasteiger partial charge on any atom is -0.493 e. The Hall–Kier alpha value is -1.95. The molecule has 0 radical (unpaired) electrons. The van der Waals surface area contributed by atoms with Gasteiger partial charge in [0.15, 0.2) is 11.5 Å². The molecule has 1 amide bonds. The molecule has 0 aliphatic rings. The summed E-state index contributed by atoms with van der Waals surface area (Å²) in [6.45, 7) is 1.66. The molecule has 0 fully saturated rings. The first-order chi connectivity index (χ1) is 9.49. The summed E-state index contributed by atoms with van der Waals surface area (Å²) in [5.74, 6) is 1.04. The first-order valence-electron chi connectivity index (χ1n) is 6.18. The predicted octanol–water partition coefficient (Wildman–Crippen LogP) is 1.17. The highest BCUT2D eigenvalue weighted by atomic mass is 16.5. The molecule has 20 heavy (non-hydrogen) atoms. The molecule has 0 heterocycles. The monoisotopic (exact) mass is 283 g/mol. The van der Waals surface area contributed by atoms with Gasteiger partial charge in [0.25, 0.3) is 5.91 Å². The van der Waals surface area contributed by atoms with Crippen molar-refractivity contribution in [3.8, 4) is 17.2 Å². The van der Waals surface area contributed by atoms with Crippen LogP contribution >= 0.6 is 0 Å². The summed E-state index contributed by atoms with van der Waals surface area (Å²) < 4.78 is 15.6. The molecule has 0 spiro atoms. The van der Waals surface area contributed by atoms with E-state index in [1.807, 2.05) is 0 Å². The molecule has 0 bridgehead atoms. The van der Waals surface area contributed by atoms with E-state index in [1.54, 1.807) is 26.1 Å². The zero-order valence-corrected chi connectivity index (χ0v) is 12.5. The van der Waals surface area contributed by atoms with E-state index in [1.165, 1.54) is 26.2 Å². The third-order valence-electron chi connectivity index (χ3n) is 3.16. The maximum atomic E-state index is 12.3. The van der Waals surface area contributed by atoms with Gasteiger partial charge in [0.05, 0.1) is 34.0 Å². The summed E-state index contributed by atoms with van der Waals surface area (Å²) in [6, 6.07) is 2.90. The second kappa shape index (κ2) is 7.00. The quantitative estimate of drug-likeness (QED) is 0.848. The second-order valence-electron chi connectivity index (χ2n) is 4.36. The molecule has 0 aliphatic heterocycles. The van der Waals surface area contributed by atoms with Gasteiger partial charge in [-0.15, -0.1) is 0 Å². The first kappa shape index (κ1) is 16.1. The Kier molecular flexibility index (Phi) is 5.64. The van der Waals surface area contributed by atoms with E-state index < -0.39 is 0 Å². The Morgan fingerprint density at radius 3 is 2.05 bits per heavy atom. The number of amides is 1. The molecule has 112 valence electrons. The van der Waals surface area contributed by atoms with Gasteiger partial charge in [-0.05, 0) is 19.1 Å². The van der Waals surface area contributed by atoms with Crippen LogP contribution in [0.25, 0.3) is 0 Å². The van der Waals surface area contributed by atoms with Gasteiger partial charge in [-0.25, -0.2) is 0 Å². The number of carbonyl (C=O) groups is 1. The second-order valence-corrected chi connectivity index (χ2v) is 4.36. The topological polar surface area (TPSA) is 68.2 Å². The van der Waals surface area contributed by atoms with Gasteiger partial charge in [0, 0.05) is 12.6 Å². The van der Waals surface area contributed by atoms with E-state index in [0.717, 1.165) is 0 Å². The molecule has 1 rings (SSSR count). The number of benzene rings is 1. The van der Waals surface area contributed by atoms with Crippen LogP contribution < -0.4 is 14.2 Å². The molecule has 6 nitrogen and oxygen atoms in total. The highest BCUT2D eigenvalue weighted by molar-refractivity contribution is 5.95. The molecule has 1 aromatic carbocycles. The van der Waals surface area contributed by atoms with Crippen LogP contribution in [0.4, 0.5) is 0 Å². The minimum absolute atomic E-state index is 0.104. The van der Waals surface area contributed by atoms with Crippen molar-refractivity contribution < 1.29 is 24.1 Å². The number of methoxy groups -OCH3 is 3. The Morgan fingerprint density at radius 1 is 1.20 bits per heavy atom. The fourth-order valence-electron chi connectivity index (χ4n) is 1.73. The number of aliphatic hydroxyl groups is 1. The highest BCUT2D eigenvalue weighted by Gasteiger charge is 2.21. The molecule has 0 saturated carbocycles. The van der Waals surface area contributed by atoms with Crippen molar-refractivity contribution in [1.82, 2.24) is 4.90 Å². The first-order valence-corrected chi connectivity index (χ1v) is 6.18. The van der Waals surface area contributed by atoms with Crippen LogP contribution in [0, 0.1) is 0 Å². The fraction of sp³-hybridized carbons (Fsp3) is 0.500. The molecule has 1 atom stereocenters. The van der Waals surface area contributed by atoms with Crippen molar-refractivity contribution in [2.45, 2.75) is 13.0 Å². The zero-order chi connectivity index (χ0) is 15.3. The number of likely N-dealkylation sites (N-methyl/N-ethyl adjacent to an activating group) is 1. The van der Waals surface area contributed by atoms with E-state index in [-0.39, 0.29) is 18.6 Å². The smallest absolute Gasteiger partial charge is 0.254 e. The molecule has 1 aromatic rings. The third-order valence-corrected chi connectivity index (χ3v) is 3.16. The Labute approximate surface area is 118 Å². The summed E-state index contributed by atoms with van der Waals surface area (Å²) in [5, 5.41) is 9.12. The van der Waals surface area contributed by atoms with Gasteiger partial charge in [-0.3, -0.25) is 4.79 Å². The largest absolute Gasteiger partial charge is 0.493 e. The maximum absolute atomic E-state index is 12.3. The van der Waals surface area contributed by atoms with Gasteiger partial charge in [0.2, 0.25) is 5.75 Å². The number of nitrogens with zero attached hydrogens (tertiary/aromatic N) is 1. The SMILES string of the molecule is COc1cc(C(=O)N(C)C(C)CO)cc(OC)c1OC. The lowest BCUT2D eigenvalue weighted by molar-refractivity contribution is 0.0681. The summed E-state index contributed by atoms with van der Waals surface area (Å²) in [6.07, 6.45) is 0. The van der Waals surface area contributed by atoms with E-state index in [2.05, 4.69) is 0 Å². The van der Waals surface area contributed by atoms with Gasteiger partial charge >= 0.3 is 0 Å². The van der Waals surface area contributed by atoms with E-state index in [0.29, 0.717) is 22.8 Å². The van der Waals surface area contributed by atoms with Gasteiger partial charge in [-0.1, -0.05) is 0 Å². The van der Waals surface area contributed by atoms with Crippen LogP contribution in [0.15, 0.2) is 12.1 Å². The van der Waals surface area contributed by atoms with Crippen molar-refractivity contribution in [2.75, 3.05) is 35.0 Å². The molecular weight excluding hydrogens is 262 g/mol. The van der Waals surface area contributed by atoms with Crippen molar-refractivity contribution >= 4 is 5.91 Å². The van der Waals surface area contributed by atoms with E-state index in [9.17, 15) is 4.79 Å². The van der Waals surface area contributed by atoms with Crippen LogP contribution in [-0.4, -0.2) is 56.9 Å². The van der Waals surface area contributed by atoms with Crippen LogP contribution in [-0.2, 0) is 0 Å². The summed E-state index contributed by atoms with van der Waals surface area (Å²) in [7, 11) is 6.12. The number of aliphatic hydroxyl groups excluding tert-OH is 1. The summed E-state index contributed by atoms with van der Waals surface area (Å²) in [5.41, 5.74) is 0.405. The molecule has 1 unspecified atom stereocenters. The number of rotatable bonds is 6. The zero-order valence-electron chi connectivity index (χ0n) is 12.5. The van der Waals surface area contributed by atoms with Crippen LogP contribution in [0.3, 0.4) is 0 Å². The molecule has 0 aromatic heterocycles. The Balaban J connectivity index is 3.22. The minimum atomic E-state index is -0.276. The Morgan fingerprint density at radius 2 is 1.70 bits per heavy atom. The number of hydrogen-bond acceptors (Lipinski definition) is 5. The standard InChI is InChI=1S/C14H21NO5/c1-9(8-16)15(2)14(17)10-6-11(18-3)13(20-5)12(7-10)19-4/h6-7,9,16H,8H2,1-5H3. The summed E-state index contributed by atoms with van der Waals surface area (Å²) >= 11 is 0. The van der Waals surface area contributed by atoms with Crippen molar-refractivity contribution in [3.05, 3.63) is 17.7 Å². The normalized spacial score (nSPS) is 11.7. The van der Waals surface area contributed by atoms with Crippen LogP contribution in [0.1, 0.15) is 17.3 Å². The molecule has 6 heteroatoms. The third kappa shape index (κ3) is 3.14. The van der Waals surface area contributed by atoms with Crippen molar-refractivity contribution in [2.24, 2.45) is 0 Å². The fourth-order valence-corrected chi connectivity index (χ4v) is 1.73. The van der Waals surface area contributed by atoms with Gasteiger partial charge in [0.1, 0.15) is 0 Å². The predicted molar refractivity (Wildman–Crippen MR) is 74.7 cm³/mol. The molecular formula is C14H21NO5. The summed E-state index contributed by atoms with van der Waals surface area (Å²) in [4.78, 5) is 13.8. The number of carbonyl (C=O) groups excluding carboxylic acids is 1. The average Bonchev–Trinajstić information content (AvgIpc) is 2.50. The van der Waals surface area contributed by atoms with Gasteiger partial charge < -0.3 is 24.2 Å². The van der Waals surface area contributed by atoms with Crippen LogP contribution in [0.2, 0.25) is 0 Å². The number of hydrogen-bond donors (Lipinski definition) is 1. The molecule has 0 aliphatic carbocycles. The van der Waals surface area contributed by atoms with Crippen molar-refractivity contribution in [3.63, 3.8) is 0 Å². The van der Waals surface area contributed by atoms with Crippen molar-refractivity contribution in [1.29, 1.82) is 0 Å². The number of ether oxygens (including phenoxy) is 3. The molecule has 0 saturated heterocycles. The lowest BCUT2D eigenvalue weighted by atomic mass is 10.1. The lowest BCUT2D eigenvalue weighted by Gasteiger charge is -2.24. The van der Waals surface area contributed by atoms with Crippen LogP contribution in [0.5, 0.6) is 17.2 Å². The Bertz CT molecular complexity index is 450. The van der Waals surface area contributed by atoms with Gasteiger partial charge in [-0.2, -0.15) is 0 Å². The average molecular weight is 283 g/mol. The maximum Gasteiger partial charge on any atom is 0.254 e. The van der Waals surface area contributed by atoms with E-state index >= 15 is 0 Å². The lowest BCUT2D eigenvalue weighted by Crippen LogP contribution is -2.37. The van der Waals surface area contributed by atoms with E-state index in [4.69, 9.17) is 19.3 Å². The highest BCUT2D eigenvalue weighted by Crippen LogP contribution is 2.38. The molecule has 1 N–H and O–H groups in total.